The van der Waals surface area contributed by atoms with Crippen molar-refractivity contribution in [3.8, 4) is 0 Å². The molecule has 0 aliphatic carbocycles. The Kier molecular flexibility index (Phi) is 4.45. The van der Waals surface area contributed by atoms with Gasteiger partial charge >= 0.3 is 11.6 Å². The van der Waals surface area contributed by atoms with Gasteiger partial charge in [-0.25, -0.2) is 4.79 Å². The molecular weight excluding hydrogens is 316 g/mol. The maximum Gasteiger partial charge on any atom is 0.336 e. The van der Waals surface area contributed by atoms with E-state index in [2.05, 4.69) is 0 Å². The Hall–Kier alpha value is -2.88. The monoisotopic (exact) mass is 336 g/mol. The molecule has 0 fully saturated rings. The van der Waals surface area contributed by atoms with Gasteiger partial charge in [-0.15, -0.1) is 0 Å². The van der Waals surface area contributed by atoms with E-state index in [-0.39, 0.29) is 12.6 Å². The van der Waals surface area contributed by atoms with Gasteiger partial charge in [0.05, 0.1) is 5.41 Å². The van der Waals surface area contributed by atoms with Crippen molar-refractivity contribution in [1.29, 1.82) is 0 Å². The normalized spacial score (nSPS) is 11.5. The van der Waals surface area contributed by atoms with Gasteiger partial charge in [0.1, 0.15) is 12.2 Å². The smallest absolute Gasteiger partial charge is 0.336 e. The molecule has 1 heterocycles. The van der Waals surface area contributed by atoms with E-state index in [0.717, 1.165) is 16.5 Å². The summed E-state index contributed by atoms with van der Waals surface area (Å²) in [5, 5.41) is 0.774. The molecule has 0 aliphatic rings. The Bertz CT molecular complexity index is 968. The highest BCUT2D eigenvalue weighted by molar-refractivity contribution is 5.83. The van der Waals surface area contributed by atoms with Gasteiger partial charge in [0.15, 0.2) is 0 Å². The second kappa shape index (κ2) is 6.55. The molecule has 3 rings (SSSR count). The molecule has 0 spiro atoms. The van der Waals surface area contributed by atoms with Crippen LogP contribution in [-0.2, 0) is 21.6 Å². The maximum absolute atomic E-state index is 12.6. The molecule has 0 unspecified atom stereocenters. The molecular formula is C21H20O4. The van der Waals surface area contributed by atoms with E-state index in [0.29, 0.717) is 11.1 Å². The molecule has 25 heavy (non-hydrogen) atoms. The molecule has 0 saturated carbocycles. The van der Waals surface area contributed by atoms with Crippen LogP contribution in [0.2, 0.25) is 0 Å². The Labute approximate surface area is 146 Å². The SMILES string of the molecule is Cc1ccc2c(COC(=O)C(C)(C)c3ccccc3)cc(=O)oc2c1. The van der Waals surface area contributed by atoms with Crippen LogP contribution in [0.3, 0.4) is 0 Å². The fourth-order valence-electron chi connectivity index (χ4n) is 2.75. The lowest BCUT2D eigenvalue weighted by atomic mass is 9.85. The summed E-state index contributed by atoms with van der Waals surface area (Å²) in [5.41, 5.74) is 1.80. The van der Waals surface area contributed by atoms with Crippen molar-refractivity contribution in [3.05, 3.63) is 81.7 Å². The lowest BCUT2D eigenvalue weighted by Gasteiger charge is -2.23. The number of benzene rings is 2. The number of hydrogen-bond donors (Lipinski definition) is 0. The Morgan fingerprint density at radius 3 is 2.52 bits per heavy atom. The summed E-state index contributed by atoms with van der Waals surface area (Å²) in [7, 11) is 0. The van der Waals surface area contributed by atoms with Crippen molar-refractivity contribution >= 4 is 16.9 Å². The molecule has 0 amide bonds. The van der Waals surface area contributed by atoms with Crippen LogP contribution in [0.4, 0.5) is 0 Å². The Morgan fingerprint density at radius 1 is 1.08 bits per heavy atom. The molecule has 0 atom stereocenters. The number of aryl methyl sites for hydroxylation is 1. The minimum Gasteiger partial charge on any atom is -0.460 e. The summed E-state index contributed by atoms with van der Waals surface area (Å²) in [4.78, 5) is 24.4. The first-order valence-electron chi connectivity index (χ1n) is 8.14. The van der Waals surface area contributed by atoms with Crippen LogP contribution >= 0.6 is 0 Å². The van der Waals surface area contributed by atoms with Crippen LogP contribution in [0.25, 0.3) is 11.0 Å². The van der Waals surface area contributed by atoms with Gasteiger partial charge in [-0.3, -0.25) is 4.79 Å². The lowest BCUT2D eigenvalue weighted by Crippen LogP contribution is -2.31. The number of fused-ring (bicyclic) bond motifs is 1. The zero-order valence-corrected chi connectivity index (χ0v) is 14.5. The van der Waals surface area contributed by atoms with E-state index in [4.69, 9.17) is 9.15 Å². The van der Waals surface area contributed by atoms with E-state index in [1.54, 1.807) is 6.07 Å². The van der Waals surface area contributed by atoms with E-state index < -0.39 is 11.0 Å². The predicted octanol–water partition coefficient (Wildman–Crippen LogP) is 4.12. The number of rotatable bonds is 4. The molecule has 4 heteroatoms. The molecule has 0 aliphatic heterocycles. The standard InChI is InChI=1S/C21H20O4/c1-14-9-10-17-15(12-19(22)25-18(17)11-14)13-24-20(23)21(2,3)16-7-5-4-6-8-16/h4-12H,13H2,1-3H3. The summed E-state index contributed by atoms with van der Waals surface area (Å²) in [6.07, 6.45) is 0. The first-order valence-corrected chi connectivity index (χ1v) is 8.14. The molecule has 0 saturated heterocycles. The van der Waals surface area contributed by atoms with Crippen molar-refractivity contribution in [2.45, 2.75) is 32.8 Å². The van der Waals surface area contributed by atoms with Gasteiger partial charge in [-0.1, -0.05) is 42.5 Å². The third-order valence-electron chi connectivity index (χ3n) is 4.35. The minimum atomic E-state index is -0.771. The van der Waals surface area contributed by atoms with Crippen LogP contribution in [0.1, 0.15) is 30.5 Å². The summed E-state index contributed by atoms with van der Waals surface area (Å²) in [6.45, 7) is 5.60. The second-order valence-electron chi connectivity index (χ2n) is 6.66. The summed E-state index contributed by atoms with van der Waals surface area (Å²) < 4.78 is 10.8. The molecule has 1 aromatic heterocycles. The fourth-order valence-corrected chi connectivity index (χ4v) is 2.75. The Morgan fingerprint density at radius 2 is 1.80 bits per heavy atom. The lowest BCUT2D eigenvalue weighted by molar-refractivity contribution is -0.150. The average molecular weight is 336 g/mol. The highest BCUT2D eigenvalue weighted by Crippen LogP contribution is 2.26. The van der Waals surface area contributed by atoms with Gasteiger partial charge in [0.25, 0.3) is 0 Å². The first-order chi connectivity index (χ1) is 11.9. The molecule has 3 aromatic rings. The summed E-state index contributed by atoms with van der Waals surface area (Å²) in [5.74, 6) is -0.341. The number of esters is 1. The number of hydrogen-bond acceptors (Lipinski definition) is 4. The molecule has 4 nitrogen and oxygen atoms in total. The van der Waals surface area contributed by atoms with E-state index in [1.165, 1.54) is 6.07 Å². The van der Waals surface area contributed by atoms with E-state index in [1.807, 2.05) is 63.2 Å². The molecule has 0 radical (unpaired) electrons. The minimum absolute atomic E-state index is 0.0280. The van der Waals surface area contributed by atoms with Crippen LogP contribution in [0, 0.1) is 6.92 Å². The van der Waals surface area contributed by atoms with Crippen molar-refractivity contribution in [3.63, 3.8) is 0 Å². The number of ether oxygens (including phenoxy) is 1. The molecule has 0 bridgehead atoms. The topological polar surface area (TPSA) is 56.5 Å². The van der Waals surface area contributed by atoms with Gasteiger partial charge in [-0.2, -0.15) is 0 Å². The fraction of sp³-hybridized carbons (Fsp3) is 0.238. The quantitative estimate of drug-likeness (QED) is 0.531. The predicted molar refractivity (Wildman–Crippen MR) is 96.5 cm³/mol. The van der Waals surface area contributed by atoms with Crippen LogP contribution in [-0.4, -0.2) is 5.97 Å². The molecule has 0 N–H and O–H groups in total. The highest BCUT2D eigenvalue weighted by atomic mass is 16.5. The number of carbonyl (C=O) groups is 1. The van der Waals surface area contributed by atoms with Crippen molar-refractivity contribution in [2.24, 2.45) is 0 Å². The van der Waals surface area contributed by atoms with Crippen LogP contribution in [0.5, 0.6) is 0 Å². The zero-order valence-electron chi connectivity index (χ0n) is 14.5. The van der Waals surface area contributed by atoms with Crippen LogP contribution < -0.4 is 5.63 Å². The maximum atomic E-state index is 12.6. The van der Waals surface area contributed by atoms with Crippen molar-refractivity contribution < 1.29 is 13.9 Å². The second-order valence-corrected chi connectivity index (χ2v) is 6.66. The molecule has 2 aromatic carbocycles. The van der Waals surface area contributed by atoms with Crippen molar-refractivity contribution in [1.82, 2.24) is 0 Å². The third kappa shape index (κ3) is 3.48. The highest BCUT2D eigenvalue weighted by Gasteiger charge is 2.31. The van der Waals surface area contributed by atoms with Crippen LogP contribution in [0.15, 0.2) is 63.8 Å². The van der Waals surface area contributed by atoms with Gasteiger partial charge in [-0.05, 0) is 38.0 Å². The average Bonchev–Trinajstić information content (AvgIpc) is 2.59. The first kappa shape index (κ1) is 17.0. The summed E-state index contributed by atoms with van der Waals surface area (Å²) in [6, 6.07) is 16.5. The van der Waals surface area contributed by atoms with Gasteiger partial charge in [0, 0.05) is 17.0 Å². The molecule has 128 valence electrons. The number of carbonyl (C=O) groups excluding carboxylic acids is 1. The van der Waals surface area contributed by atoms with Crippen molar-refractivity contribution in [2.75, 3.05) is 0 Å². The van der Waals surface area contributed by atoms with E-state index in [9.17, 15) is 9.59 Å². The largest absolute Gasteiger partial charge is 0.460 e. The van der Waals surface area contributed by atoms with E-state index >= 15 is 0 Å². The third-order valence-corrected chi connectivity index (χ3v) is 4.35. The van der Waals surface area contributed by atoms with Gasteiger partial charge < -0.3 is 9.15 Å². The zero-order chi connectivity index (χ0) is 18.0. The Balaban J connectivity index is 1.85. The van der Waals surface area contributed by atoms with Gasteiger partial charge in [0.2, 0.25) is 0 Å². The summed E-state index contributed by atoms with van der Waals surface area (Å²) >= 11 is 0.